The summed E-state index contributed by atoms with van der Waals surface area (Å²) in [5, 5.41) is 7.99. The van der Waals surface area contributed by atoms with Crippen molar-refractivity contribution in [3.63, 3.8) is 0 Å². The van der Waals surface area contributed by atoms with Crippen LogP contribution in [0.2, 0.25) is 0 Å². The number of carboxylic acids is 1. The maximum atomic E-state index is 11.5. The Balaban J connectivity index is 0.000000688. The van der Waals surface area contributed by atoms with Crippen LogP contribution in [-0.2, 0) is 9.59 Å². The van der Waals surface area contributed by atoms with Gasteiger partial charge in [0.2, 0.25) is 0 Å². The summed E-state index contributed by atoms with van der Waals surface area (Å²) in [6, 6.07) is 4.70. The average Bonchev–Trinajstić information content (AvgIpc) is 2.49. The number of aldehydes is 1. The second-order valence-corrected chi connectivity index (χ2v) is 5.33. The van der Waals surface area contributed by atoms with Gasteiger partial charge in [-0.2, -0.15) is 0 Å². The van der Waals surface area contributed by atoms with Gasteiger partial charge < -0.3 is 14.6 Å². The first-order valence-electron chi connectivity index (χ1n) is 7.39. The van der Waals surface area contributed by atoms with E-state index in [1.54, 1.807) is 45.9 Å². The van der Waals surface area contributed by atoms with Crippen molar-refractivity contribution in [2.24, 2.45) is 11.8 Å². The minimum absolute atomic E-state index is 0.213. The quantitative estimate of drug-likeness (QED) is 0.491. The van der Waals surface area contributed by atoms with Gasteiger partial charge in [0.25, 0.3) is 0 Å². The van der Waals surface area contributed by atoms with Crippen molar-refractivity contribution in [2.45, 2.75) is 34.6 Å². The molecule has 1 N–H and O–H groups in total. The largest absolute Gasteiger partial charge is 0.490 e. The molecule has 1 rings (SSSR count). The Hall–Kier alpha value is -2.37. The Kier molecular flexibility index (Phi) is 9.30. The molecule has 0 aliphatic carbocycles. The molecule has 6 heteroatoms. The molecule has 0 saturated heterocycles. The minimum Gasteiger partial charge on any atom is -0.490 e. The zero-order valence-corrected chi connectivity index (χ0v) is 14.2. The molecule has 0 amide bonds. The molecule has 0 heterocycles. The van der Waals surface area contributed by atoms with Crippen LogP contribution in [0.25, 0.3) is 0 Å². The fourth-order valence-corrected chi connectivity index (χ4v) is 1.18. The Morgan fingerprint density at radius 3 is 2.09 bits per heavy atom. The highest BCUT2D eigenvalue weighted by atomic mass is 16.6. The maximum Gasteiger partial charge on any atom is 0.313 e. The topological polar surface area (TPSA) is 89.9 Å². The molecular formula is C17H24O6. The molecule has 6 nitrogen and oxygen atoms in total. The maximum absolute atomic E-state index is 11.5. The first kappa shape index (κ1) is 20.6. The normalized spacial score (nSPS) is 9.87. The number of carbonyl (C=O) groups is 3. The highest BCUT2D eigenvalue weighted by molar-refractivity contribution is 5.78. The van der Waals surface area contributed by atoms with Crippen molar-refractivity contribution in [1.82, 2.24) is 0 Å². The summed E-state index contributed by atoms with van der Waals surface area (Å²) in [5.41, 5.74) is 0.484. The van der Waals surface area contributed by atoms with Crippen LogP contribution in [0, 0.1) is 11.8 Å². The van der Waals surface area contributed by atoms with E-state index in [2.05, 4.69) is 0 Å². The molecule has 0 fully saturated rings. The van der Waals surface area contributed by atoms with Gasteiger partial charge >= 0.3 is 11.9 Å². The zero-order valence-electron chi connectivity index (χ0n) is 14.2. The van der Waals surface area contributed by atoms with Crippen molar-refractivity contribution in [1.29, 1.82) is 0 Å². The third kappa shape index (κ3) is 7.99. The number of ether oxygens (including phenoxy) is 2. The third-order valence-corrected chi connectivity index (χ3v) is 2.58. The molecule has 0 aliphatic rings. The van der Waals surface area contributed by atoms with E-state index in [-0.39, 0.29) is 17.8 Å². The lowest BCUT2D eigenvalue weighted by molar-refractivity contribution is -0.140. The number of aliphatic carboxylic acids is 1. The van der Waals surface area contributed by atoms with Gasteiger partial charge in [0, 0.05) is 5.56 Å². The van der Waals surface area contributed by atoms with Gasteiger partial charge in [-0.3, -0.25) is 14.4 Å². The van der Waals surface area contributed by atoms with Gasteiger partial charge in [-0.1, -0.05) is 27.7 Å². The summed E-state index contributed by atoms with van der Waals surface area (Å²) in [6.07, 6.45) is 0.719. The summed E-state index contributed by atoms with van der Waals surface area (Å²) in [7, 11) is 0. The average molecular weight is 324 g/mol. The molecule has 23 heavy (non-hydrogen) atoms. The predicted octanol–water partition coefficient (Wildman–Crippen LogP) is 3.19. The van der Waals surface area contributed by atoms with E-state index in [1.807, 2.05) is 6.92 Å². The predicted molar refractivity (Wildman–Crippen MR) is 85.9 cm³/mol. The van der Waals surface area contributed by atoms with Crippen LogP contribution in [0.4, 0.5) is 0 Å². The Morgan fingerprint density at radius 2 is 1.70 bits per heavy atom. The van der Waals surface area contributed by atoms with E-state index in [9.17, 15) is 14.4 Å². The number of hydrogen-bond donors (Lipinski definition) is 1. The van der Waals surface area contributed by atoms with Crippen molar-refractivity contribution in [3.05, 3.63) is 23.8 Å². The van der Waals surface area contributed by atoms with Crippen molar-refractivity contribution >= 4 is 18.2 Å². The Labute approximate surface area is 136 Å². The molecule has 128 valence electrons. The van der Waals surface area contributed by atoms with Crippen molar-refractivity contribution in [3.8, 4) is 11.5 Å². The van der Waals surface area contributed by atoms with Crippen LogP contribution in [0.5, 0.6) is 11.5 Å². The van der Waals surface area contributed by atoms with Crippen LogP contribution in [0.1, 0.15) is 45.0 Å². The van der Waals surface area contributed by atoms with Gasteiger partial charge in [0.05, 0.1) is 18.4 Å². The van der Waals surface area contributed by atoms with Crippen LogP contribution in [-0.4, -0.2) is 29.9 Å². The van der Waals surface area contributed by atoms with Crippen LogP contribution in [0.3, 0.4) is 0 Å². The number of hydrogen-bond acceptors (Lipinski definition) is 5. The van der Waals surface area contributed by atoms with Crippen LogP contribution >= 0.6 is 0 Å². The summed E-state index contributed by atoms with van der Waals surface area (Å²) in [5.74, 6) is -0.762. The fourth-order valence-electron chi connectivity index (χ4n) is 1.18. The van der Waals surface area contributed by atoms with Gasteiger partial charge in [0.1, 0.15) is 6.29 Å². The molecule has 1 aromatic carbocycles. The fraction of sp³-hybridized carbons (Fsp3) is 0.471. The molecule has 0 atom stereocenters. The lowest BCUT2D eigenvalue weighted by Gasteiger charge is -2.12. The lowest BCUT2D eigenvalue weighted by Crippen LogP contribution is -2.15. The summed E-state index contributed by atoms with van der Waals surface area (Å²) in [6.45, 7) is 9.05. The Bertz CT molecular complexity index is 534. The molecule has 0 saturated carbocycles. The number of carboxylic acid groups (broad SMARTS) is 1. The van der Waals surface area contributed by atoms with E-state index in [1.165, 1.54) is 0 Å². The standard InChI is InChI=1S/C13H16O4.C4H8O2/c1-4-16-12-7-10(8-14)5-6-11(12)17-13(15)9(2)3;1-3(2)4(5)6/h5-9H,4H2,1-3H3;3H,1-2H3,(H,5,6). The number of carbonyl (C=O) groups excluding carboxylic acids is 2. The smallest absolute Gasteiger partial charge is 0.313 e. The molecular weight excluding hydrogens is 300 g/mol. The number of esters is 1. The summed E-state index contributed by atoms with van der Waals surface area (Å²) < 4.78 is 10.5. The number of rotatable bonds is 6. The summed E-state index contributed by atoms with van der Waals surface area (Å²) >= 11 is 0. The van der Waals surface area contributed by atoms with E-state index in [4.69, 9.17) is 14.6 Å². The lowest BCUT2D eigenvalue weighted by atomic mass is 10.2. The van der Waals surface area contributed by atoms with Crippen molar-refractivity contribution < 1.29 is 29.0 Å². The molecule has 0 aliphatic heterocycles. The minimum atomic E-state index is -0.741. The van der Waals surface area contributed by atoms with Gasteiger partial charge in [-0.15, -0.1) is 0 Å². The number of benzene rings is 1. The Morgan fingerprint density at radius 1 is 1.13 bits per heavy atom. The summed E-state index contributed by atoms with van der Waals surface area (Å²) in [4.78, 5) is 31.8. The zero-order chi connectivity index (χ0) is 18.0. The molecule has 1 aromatic rings. The molecule has 0 bridgehead atoms. The molecule has 0 unspecified atom stereocenters. The first-order valence-corrected chi connectivity index (χ1v) is 7.39. The van der Waals surface area contributed by atoms with E-state index < -0.39 is 5.97 Å². The van der Waals surface area contributed by atoms with Gasteiger partial charge in [-0.05, 0) is 25.1 Å². The second-order valence-electron chi connectivity index (χ2n) is 5.33. The van der Waals surface area contributed by atoms with E-state index in [0.29, 0.717) is 23.7 Å². The molecule has 0 spiro atoms. The van der Waals surface area contributed by atoms with Crippen LogP contribution < -0.4 is 9.47 Å². The SMILES string of the molecule is CC(C)C(=O)O.CCOc1cc(C=O)ccc1OC(=O)C(C)C. The van der Waals surface area contributed by atoms with E-state index >= 15 is 0 Å². The highest BCUT2D eigenvalue weighted by Gasteiger charge is 2.14. The van der Waals surface area contributed by atoms with E-state index in [0.717, 1.165) is 6.29 Å². The van der Waals surface area contributed by atoms with Crippen LogP contribution in [0.15, 0.2) is 18.2 Å². The third-order valence-electron chi connectivity index (χ3n) is 2.58. The molecule has 0 radical (unpaired) electrons. The van der Waals surface area contributed by atoms with Crippen molar-refractivity contribution in [2.75, 3.05) is 6.61 Å². The van der Waals surface area contributed by atoms with Gasteiger partial charge in [-0.25, -0.2) is 0 Å². The second kappa shape index (κ2) is 10.4. The monoisotopic (exact) mass is 324 g/mol. The first-order chi connectivity index (χ1) is 10.7. The molecule has 0 aromatic heterocycles. The highest BCUT2D eigenvalue weighted by Crippen LogP contribution is 2.28. The van der Waals surface area contributed by atoms with Gasteiger partial charge in [0.15, 0.2) is 11.5 Å².